The van der Waals surface area contributed by atoms with Gasteiger partial charge >= 0.3 is 0 Å². The molecule has 3 fully saturated rings. The summed E-state index contributed by atoms with van der Waals surface area (Å²) in [7, 11) is 0. The summed E-state index contributed by atoms with van der Waals surface area (Å²) in [4.78, 5) is 26.4. The van der Waals surface area contributed by atoms with Crippen LogP contribution in [0.25, 0.3) is 0 Å². The second-order valence-electron chi connectivity index (χ2n) is 7.11. The SMILES string of the molecule is O=C(NC1CCN(C(=O)C2CCCCC2)C1)C1CC(F)(F)CN1. The number of alkyl halides is 2. The van der Waals surface area contributed by atoms with Crippen molar-refractivity contribution in [3.63, 3.8) is 0 Å². The quantitative estimate of drug-likeness (QED) is 0.820. The molecule has 1 saturated carbocycles. The standard InChI is InChI=1S/C16H25F2N3O2/c17-16(18)8-13(19-10-16)14(22)20-12-6-7-21(9-12)15(23)11-4-2-1-3-5-11/h11-13,19H,1-10H2,(H,20,22). The van der Waals surface area contributed by atoms with Gasteiger partial charge in [0.15, 0.2) is 0 Å². The molecule has 130 valence electrons. The van der Waals surface area contributed by atoms with Gasteiger partial charge in [-0.2, -0.15) is 0 Å². The van der Waals surface area contributed by atoms with Crippen molar-refractivity contribution in [2.45, 2.75) is 63.0 Å². The van der Waals surface area contributed by atoms with Crippen molar-refractivity contribution < 1.29 is 18.4 Å². The average molecular weight is 329 g/mol. The van der Waals surface area contributed by atoms with Crippen molar-refractivity contribution in [2.75, 3.05) is 19.6 Å². The van der Waals surface area contributed by atoms with E-state index in [1.807, 2.05) is 4.90 Å². The molecule has 2 aliphatic heterocycles. The molecule has 0 bridgehead atoms. The van der Waals surface area contributed by atoms with E-state index in [9.17, 15) is 18.4 Å². The molecular weight excluding hydrogens is 304 g/mol. The number of hydrogen-bond acceptors (Lipinski definition) is 3. The Balaban J connectivity index is 1.46. The van der Waals surface area contributed by atoms with Crippen LogP contribution >= 0.6 is 0 Å². The molecule has 5 nitrogen and oxygen atoms in total. The van der Waals surface area contributed by atoms with Gasteiger partial charge in [-0.05, 0) is 19.3 Å². The minimum absolute atomic E-state index is 0.119. The van der Waals surface area contributed by atoms with Gasteiger partial charge in [-0.25, -0.2) is 8.78 Å². The third kappa shape index (κ3) is 4.00. The lowest BCUT2D eigenvalue weighted by atomic mass is 9.88. The Morgan fingerprint density at radius 3 is 2.52 bits per heavy atom. The summed E-state index contributed by atoms with van der Waals surface area (Å²) in [5.74, 6) is -2.85. The molecule has 2 amide bonds. The van der Waals surface area contributed by atoms with Crippen LogP contribution in [0.3, 0.4) is 0 Å². The Morgan fingerprint density at radius 2 is 1.87 bits per heavy atom. The molecule has 2 saturated heterocycles. The van der Waals surface area contributed by atoms with E-state index in [1.165, 1.54) is 6.42 Å². The molecule has 0 aromatic heterocycles. The first-order valence-electron chi connectivity index (χ1n) is 8.65. The number of likely N-dealkylation sites (tertiary alicyclic amines) is 1. The zero-order valence-electron chi connectivity index (χ0n) is 13.3. The largest absolute Gasteiger partial charge is 0.350 e. The molecule has 23 heavy (non-hydrogen) atoms. The van der Waals surface area contributed by atoms with E-state index in [0.717, 1.165) is 25.7 Å². The lowest BCUT2D eigenvalue weighted by Gasteiger charge is -2.26. The van der Waals surface area contributed by atoms with Crippen LogP contribution in [0.5, 0.6) is 0 Å². The van der Waals surface area contributed by atoms with Crippen LogP contribution in [0, 0.1) is 5.92 Å². The fraction of sp³-hybridized carbons (Fsp3) is 0.875. The van der Waals surface area contributed by atoms with Gasteiger partial charge < -0.3 is 10.2 Å². The first-order chi connectivity index (χ1) is 10.9. The van der Waals surface area contributed by atoms with Gasteiger partial charge in [-0.15, -0.1) is 0 Å². The predicted molar refractivity (Wildman–Crippen MR) is 81.1 cm³/mol. The summed E-state index contributed by atoms with van der Waals surface area (Å²) in [6.07, 6.45) is 5.63. The first-order valence-corrected chi connectivity index (χ1v) is 8.65. The third-order valence-electron chi connectivity index (χ3n) is 5.23. The molecule has 2 heterocycles. The summed E-state index contributed by atoms with van der Waals surface area (Å²) in [5.41, 5.74) is 0. The molecule has 0 aromatic rings. The normalized spacial score (nSPS) is 31.3. The molecule has 0 aromatic carbocycles. The summed E-state index contributed by atoms with van der Waals surface area (Å²) in [5, 5.41) is 5.38. The molecule has 7 heteroatoms. The molecule has 2 unspecified atom stereocenters. The van der Waals surface area contributed by atoms with E-state index in [4.69, 9.17) is 0 Å². The van der Waals surface area contributed by atoms with Gasteiger partial charge in [0, 0.05) is 31.5 Å². The zero-order valence-corrected chi connectivity index (χ0v) is 13.3. The van der Waals surface area contributed by atoms with Crippen molar-refractivity contribution >= 4 is 11.8 Å². The van der Waals surface area contributed by atoms with Crippen LogP contribution in [0.15, 0.2) is 0 Å². The van der Waals surface area contributed by atoms with Crippen molar-refractivity contribution in [1.29, 1.82) is 0 Å². The molecule has 1 aliphatic carbocycles. The first kappa shape index (κ1) is 16.6. The number of nitrogens with one attached hydrogen (secondary N) is 2. The van der Waals surface area contributed by atoms with E-state index in [0.29, 0.717) is 19.5 Å². The smallest absolute Gasteiger partial charge is 0.262 e. The van der Waals surface area contributed by atoms with Gasteiger partial charge in [-0.3, -0.25) is 14.9 Å². The van der Waals surface area contributed by atoms with Crippen LogP contribution in [0.4, 0.5) is 8.78 Å². The van der Waals surface area contributed by atoms with Gasteiger partial charge in [0.05, 0.1) is 12.6 Å². The third-order valence-corrected chi connectivity index (χ3v) is 5.23. The number of amides is 2. The fourth-order valence-electron chi connectivity index (χ4n) is 3.89. The maximum absolute atomic E-state index is 13.1. The van der Waals surface area contributed by atoms with Crippen LogP contribution in [0.1, 0.15) is 44.9 Å². The highest BCUT2D eigenvalue weighted by Gasteiger charge is 2.43. The minimum Gasteiger partial charge on any atom is -0.350 e. The maximum atomic E-state index is 13.1. The molecule has 3 rings (SSSR count). The van der Waals surface area contributed by atoms with Crippen LogP contribution in [0.2, 0.25) is 0 Å². The second kappa shape index (κ2) is 6.71. The Bertz CT molecular complexity index is 466. The van der Waals surface area contributed by atoms with Gasteiger partial charge in [-0.1, -0.05) is 19.3 Å². The van der Waals surface area contributed by atoms with Crippen molar-refractivity contribution in [3.8, 4) is 0 Å². The average Bonchev–Trinajstić information content (AvgIpc) is 3.14. The molecular formula is C16H25F2N3O2. The van der Waals surface area contributed by atoms with E-state index >= 15 is 0 Å². The molecule has 3 aliphatic rings. The number of hydrogen-bond donors (Lipinski definition) is 2. The van der Waals surface area contributed by atoms with Gasteiger partial charge in [0.2, 0.25) is 11.8 Å². The van der Waals surface area contributed by atoms with Crippen LogP contribution < -0.4 is 10.6 Å². The van der Waals surface area contributed by atoms with Crippen LogP contribution in [-0.4, -0.2) is 54.4 Å². The van der Waals surface area contributed by atoms with Crippen LogP contribution in [-0.2, 0) is 9.59 Å². The van der Waals surface area contributed by atoms with Crippen molar-refractivity contribution in [1.82, 2.24) is 15.5 Å². The lowest BCUT2D eigenvalue weighted by Crippen LogP contribution is -2.46. The number of nitrogens with zero attached hydrogens (tertiary/aromatic N) is 1. The predicted octanol–water partition coefficient (Wildman–Crippen LogP) is 1.28. The lowest BCUT2D eigenvalue weighted by molar-refractivity contribution is -0.135. The zero-order chi connectivity index (χ0) is 16.4. The summed E-state index contributed by atoms with van der Waals surface area (Å²) < 4.78 is 26.3. The molecule has 2 N–H and O–H groups in total. The number of carbonyl (C=O) groups is 2. The van der Waals surface area contributed by atoms with E-state index in [2.05, 4.69) is 10.6 Å². The Kier molecular flexibility index (Phi) is 4.85. The van der Waals surface area contributed by atoms with Gasteiger partial charge in [0.1, 0.15) is 0 Å². The Labute approximate surface area is 135 Å². The number of halogens is 2. The molecule has 0 spiro atoms. The minimum atomic E-state index is -2.80. The van der Waals surface area contributed by atoms with Crippen molar-refractivity contribution in [2.24, 2.45) is 5.92 Å². The van der Waals surface area contributed by atoms with E-state index < -0.39 is 24.9 Å². The summed E-state index contributed by atoms with van der Waals surface area (Å²) in [6, 6.07) is -0.945. The van der Waals surface area contributed by atoms with Gasteiger partial charge in [0.25, 0.3) is 5.92 Å². The molecule has 0 radical (unpaired) electrons. The van der Waals surface area contributed by atoms with Crippen molar-refractivity contribution in [3.05, 3.63) is 0 Å². The second-order valence-corrected chi connectivity index (χ2v) is 7.11. The van der Waals surface area contributed by atoms with E-state index in [-0.39, 0.29) is 23.8 Å². The highest BCUT2D eigenvalue weighted by Crippen LogP contribution is 2.27. The fourth-order valence-corrected chi connectivity index (χ4v) is 3.89. The topological polar surface area (TPSA) is 61.4 Å². The summed E-state index contributed by atoms with van der Waals surface area (Å²) >= 11 is 0. The number of rotatable bonds is 3. The monoisotopic (exact) mass is 329 g/mol. The van der Waals surface area contributed by atoms with E-state index in [1.54, 1.807) is 0 Å². The number of carbonyl (C=O) groups excluding carboxylic acids is 2. The Morgan fingerprint density at radius 1 is 1.13 bits per heavy atom. The summed E-state index contributed by atoms with van der Waals surface area (Å²) in [6.45, 7) is 0.709. The Hall–Kier alpha value is -1.24. The highest BCUT2D eigenvalue weighted by atomic mass is 19.3. The molecule has 2 atom stereocenters. The maximum Gasteiger partial charge on any atom is 0.262 e. The highest BCUT2D eigenvalue weighted by molar-refractivity contribution is 5.83.